The van der Waals surface area contributed by atoms with E-state index in [1.165, 1.54) is 11.3 Å². The van der Waals surface area contributed by atoms with Crippen LogP contribution in [0, 0.1) is 0 Å². The molecule has 0 spiro atoms. The second-order valence-electron chi connectivity index (χ2n) is 4.08. The molecule has 108 valence electrons. The molecule has 0 fully saturated rings. The molecule has 1 aromatic carbocycles. The van der Waals surface area contributed by atoms with Crippen molar-refractivity contribution < 1.29 is 17.9 Å². The van der Waals surface area contributed by atoms with Gasteiger partial charge in [-0.25, -0.2) is 4.98 Å². The Bertz CT molecular complexity index is 553. The second kappa shape index (κ2) is 6.56. The molecular weight excluding hydrogens is 311 g/mol. The summed E-state index contributed by atoms with van der Waals surface area (Å²) in [5, 5.41) is 2.71. The second-order valence-corrected chi connectivity index (χ2v) is 5.21. The average molecular weight is 322 g/mol. The van der Waals surface area contributed by atoms with Crippen molar-refractivity contribution in [2.75, 3.05) is 6.61 Å². The van der Waals surface area contributed by atoms with E-state index in [9.17, 15) is 13.2 Å². The Labute approximate surface area is 123 Å². The van der Waals surface area contributed by atoms with Gasteiger partial charge in [0.2, 0.25) is 0 Å². The molecule has 0 atom stereocenters. The first-order chi connectivity index (χ1) is 9.48. The summed E-state index contributed by atoms with van der Waals surface area (Å²) in [5.74, 6) is 0.361. The monoisotopic (exact) mass is 321 g/mol. The summed E-state index contributed by atoms with van der Waals surface area (Å²) in [6.07, 6.45) is -4.29. The Morgan fingerprint density at radius 3 is 2.45 bits per heavy atom. The highest BCUT2D eigenvalue weighted by atomic mass is 35.5. The lowest BCUT2D eigenvalue weighted by atomic mass is 10.1. The highest BCUT2D eigenvalue weighted by Gasteiger charge is 2.27. The zero-order valence-electron chi connectivity index (χ0n) is 10.3. The molecule has 7 heteroatoms. The van der Waals surface area contributed by atoms with Crippen LogP contribution in [0.2, 0.25) is 0 Å². The predicted molar refractivity (Wildman–Crippen MR) is 72.8 cm³/mol. The maximum absolute atomic E-state index is 11.9. The van der Waals surface area contributed by atoms with Gasteiger partial charge in [-0.1, -0.05) is 24.3 Å². The molecule has 0 aliphatic rings. The molecule has 0 aliphatic heterocycles. The molecule has 0 amide bonds. The van der Waals surface area contributed by atoms with Crippen LogP contribution in [-0.4, -0.2) is 17.8 Å². The largest absolute Gasteiger partial charge is 0.411 e. The molecule has 0 N–H and O–H groups in total. The van der Waals surface area contributed by atoms with Gasteiger partial charge < -0.3 is 4.74 Å². The van der Waals surface area contributed by atoms with Gasteiger partial charge in [-0.3, -0.25) is 0 Å². The first-order valence-corrected chi connectivity index (χ1v) is 7.13. The molecule has 20 heavy (non-hydrogen) atoms. The number of thiazole rings is 1. The number of alkyl halides is 4. The standard InChI is InChI=1S/C13H11ClF3NOS/c14-5-11-7-20-12(18-11)10-3-1-9(2-4-10)6-19-8-13(15,16)17/h1-4,7H,5-6,8H2. The van der Waals surface area contributed by atoms with Crippen molar-refractivity contribution in [2.24, 2.45) is 0 Å². The van der Waals surface area contributed by atoms with Gasteiger partial charge in [-0.15, -0.1) is 22.9 Å². The third-order valence-corrected chi connectivity index (χ3v) is 3.64. The third kappa shape index (κ3) is 4.47. The molecule has 0 unspecified atom stereocenters. The van der Waals surface area contributed by atoms with E-state index in [-0.39, 0.29) is 6.61 Å². The minimum absolute atomic E-state index is 0.0649. The van der Waals surface area contributed by atoms with Gasteiger partial charge >= 0.3 is 6.18 Å². The Morgan fingerprint density at radius 2 is 1.90 bits per heavy atom. The van der Waals surface area contributed by atoms with Gasteiger partial charge in [0, 0.05) is 10.9 Å². The van der Waals surface area contributed by atoms with Gasteiger partial charge in [0.25, 0.3) is 0 Å². The Kier molecular flexibility index (Phi) is 5.01. The summed E-state index contributed by atoms with van der Waals surface area (Å²) in [5.41, 5.74) is 2.40. The third-order valence-electron chi connectivity index (χ3n) is 2.42. The number of aromatic nitrogens is 1. The predicted octanol–water partition coefficient (Wildman–Crippen LogP) is 4.63. The van der Waals surface area contributed by atoms with E-state index >= 15 is 0 Å². The highest BCUT2D eigenvalue weighted by Crippen LogP contribution is 2.25. The van der Waals surface area contributed by atoms with Crippen LogP contribution < -0.4 is 0 Å². The van der Waals surface area contributed by atoms with Crippen molar-refractivity contribution in [3.63, 3.8) is 0 Å². The Hall–Kier alpha value is -1.11. The zero-order valence-corrected chi connectivity index (χ0v) is 11.9. The van der Waals surface area contributed by atoms with Gasteiger partial charge in [-0.05, 0) is 5.56 Å². The number of halogens is 4. The lowest BCUT2D eigenvalue weighted by Crippen LogP contribution is -2.16. The molecular formula is C13H11ClF3NOS. The molecule has 0 saturated heterocycles. The first-order valence-electron chi connectivity index (χ1n) is 5.72. The number of hydrogen-bond acceptors (Lipinski definition) is 3. The van der Waals surface area contributed by atoms with Crippen LogP contribution in [0.1, 0.15) is 11.3 Å². The maximum atomic E-state index is 11.9. The highest BCUT2D eigenvalue weighted by molar-refractivity contribution is 7.13. The van der Waals surface area contributed by atoms with Crippen LogP contribution in [-0.2, 0) is 17.2 Å². The van der Waals surface area contributed by atoms with Crippen molar-refractivity contribution in [3.05, 3.63) is 40.9 Å². The number of nitrogens with zero attached hydrogens (tertiary/aromatic N) is 1. The normalized spacial score (nSPS) is 11.8. The summed E-state index contributed by atoms with van der Waals surface area (Å²) in [6, 6.07) is 7.08. The fraction of sp³-hybridized carbons (Fsp3) is 0.308. The van der Waals surface area contributed by atoms with Crippen LogP contribution in [0.15, 0.2) is 29.6 Å². The number of hydrogen-bond donors (Lipinski definition) is 0. The molecule has 2 aromatic rings. The minimum Gasteiger partial charge on any atom is -0.367 e. The average Bonchev–Trinajstić information content (AvgIpc) is 2.87. The molecule has 1 heterocycles. The molecule has 0 aliphatic carbocycles. The van der Waals surface area contributed by atoms with E-state index in [1.54, 1.807) is 12.1 Å². The Balaban J connectivity index is 1.96. The van der Waals surface area contributed by atoms with Crippen LogP contribution in [0.3, 0.4) is 0 Å². The fourth-order valence-electron chi connectivity index (χ4n) is 1.53. The van der Waals surface area contributed by atoms with Gasteiger partial charge in [0.1, 0.15) is 11.6 Å². The molecule has 0 radical (unpaired) electrons. The van der Waals surface area contributed by atoms with E-state index in [1.807, 2.05) is 17.5 Å². The molecule has 1 aromatic heterocycles. The van der Waals surface area contributed by atoms with Crippen LogP contribution in [0.25, 0.3) is 10.6 Å². The van der Waals surface area contributed by atoms with Gasteiger partial charge in [-0.2, -0.15) is 13.2 Å². The Morgan fingerprint density at radius 1 is 1.20 bits per heavy atom. The van der Waals surface area contributed by atoms with Crippen molar-refractivity contribution in [3.8, 4) is 10.6 Å². The van der Waals surface area contributed by atoms with E-state index < -0.39 is 12.8 Å². The van der Waals surface area contributed by atoms with Gasteiger partial charge in [0.05, 0.1) is 18.2 Å². The number of benzene rings is 1. The van der Waals surface area contributed by atoms with Gasteiger partial charge in [0.15, 0.2) is 0 Å². The van der Waals surface area contributed by atoms with Crippen molar-refractivity contribution in [2.45, 2.75) is 18.7 Å². The lowest BCUT2D eigenvalue weighted by Gasteiger charge is -2.07. The smallest absolute Gasteiger partial charge is 0.367 e. The number of rotatable bonds is 5. The van der Waals surface area contributed by atoms with E-state index in [0.717, 1.165) is 16.3 Å². The summed E-state index contributed by atoms with van der Waals surface area (Å²) >= 11 is 7.16. The van der Waals surface area contributed by atoms with Crippen LogP contribution >= 0.6 is 22.9 Å². The van der Waals surface area contributed by atoms with Crippen molar-refractivity contribution >= 4 is 22.9 Å². The topological polar surface area (TPSA) is 22.1 Å². The summed E-state index contributed by atoms with van der Waals surface area (Å²) in [4.78, 5) is 4.33. The molecule has 0 bridgehead atoms. The summed E-state index contributed by atoms with van der Waals surface area (Å²) in [6.45, 7) is -1.30. The summed E-state index contributed by atoms with van der Waals surface area (Å²) in [7, 11) is 0. The molecule has 2 rings (SSSR count). The van der Waals surface area contributed by atoms with Crippen molar-refractivity contribution in [1.82, 2.24) is 4.98 Å². The molecule has 0 saturated carbocycles. The fourth-order valence-corrected chi connectivity index (χ4v) is 2.58. The quantitative estimate of drug-likeness (QED) is 0.749. The van der Waals surface area contributed by atoms with E-state index in [2.05, 4.69) is 9.72 Å². The SMILES string of the molecule is FC(F)(F)COCc1ccc(-c2nc(CCl)cs2)cc1. The van der Waals surface area contributed by atoms with Crippen molar-refractivity contribution in [1.29, 1.82) is 0 Å². The minimum atomic E-state index is -4.29. The van der Waals surface area contributed by atoms with Crippen LogP contribution in [0.4, 0.5) is 13.2 Å². The first kappa shape index (κ1) is 15.3. The lowest BCUT2D eigenvalue weighted by molar-refractivity contribution is -0.176. The van der Waals surface area contributed by atoms with E-state index in [4.69, 9.17) is 11.6 Å². The number of ether oxygens (including phenoxy) is 1. The van der Waals surface area contributed by atoms with Crippen LogP contribution in [0.5, 0.6) is 0 Å². The molecule has 2 nitrogen and oxygen atoms in total. The maximum Gasteiger partial charge on any atom is 0.411 e. The summed E-state index contributed by atoms with van der Waals surface area (Å²) < 4.78 is 40.4. The van der Waals surface area contributed by atoms with E-state index in [0.29, 0.717) is 11.4 Å². The zero-order chi connectivity index (χ0) is 14.6.